The van der Waals surface area contributed by atoms with Gasteiger partial charge in [0.25, 0.3) is 0 Å². The van der Waals surface area contributed by atoms with Crippen LogP contribution in [0.5, 0.6) is 11.5 Å². The molecule has 0 aromatic heterocycles. The molecule has 1 heterocycles. The Labute approximate surface area is 201 Å². The molecule has 1 aliphatic heterocycles. The predicted molar refractivity (Wildman–Crippen MR) is 122 cm³/mol. The lowest BCUT2D eigenvalue weighted by Crippen LogP contribution is -2.43. The Kier molecular flexibility index (Phi) is 7.47. The number of hydrogen-bond acceptors (Lipinski definition) is 10. The number of carbonyl (C=O) groups excluding carboxylic acids is 3. The van der Waals surface area contributed by atoms with Gasteiger partial charge in [-0.2, -0.15) is 0 Å². The Hall–Kier alpha value is -3.89. The number of nitrogens with one attached hydrogen (secondary N) is 1. The number of ether oxygens (including phenoxy) is 3. The summed E-state index contributed by atoms with van der Waals surface area (Å²) in [5, 5.41) is 25.0. The molecule has 3 rings (SSSR count). The number of allylic oxidation sites excluding steroid dienone is 3. The van der Waals surface area contributed by atoms with Crippen molar-refractivity contribution in [2.75, 3.05) is 20.8 Å². The van der Waals surface area contributed by atoms with Gasteiger partial charge in [-0.3, -0.25) is 19.7 Å². The normalized spacial score (nSPS) is 21.7. The van der Waals surface area contributed by atoms with Gasteiger partial charge in [0.05, 0.1) is 31.3 Å². The Morgan fingerprint density at radius 1 is 1.29 bits per heavy atom. The van der Waals surface area contributed by atoms with Crippen molar-refractivity contribution in [3.05, 3.63) is 50.4 Å². The number of aromatic hydroxyl groups is 1. The van der Waals surface area contributed by atoms with Gasteiger partial charge in [-0.25, -0.2) is 4.79 Å². The van der Waals surface area contributed by atoms with Crippen LogP contribution in [0.4, 0.5) is 5.69 Å². The van der Waals surface area contributed by atoms with Gasteiger partial charge in [0.15, 0.2) is 11.5 Å². The zero-order chi connectivity index (χ0) is 26.0. The molecule has 0 fully saturated rings. The van der Waals surface area contributed by atoms with Gasteiger partial charge in [-0.05, 0) is 37.3 Å². The van der Waals surface area contributed by atoms with Crippen LogP contribution in [0.25, 0.3) is 0 Å². The summed E-state index contributed by atoms with van der Waals surface area (Å²) in [5.74, 6) is -5.43. The number of esters is 2. The van der Waals surface area contributed by atoms with Gasteiger partial charge < -0.3 is 24.6 Å². The molecule has 1 aromatic carbocycles. The molecule has 3 atom stereocenters. The fourth-order valence-corrected chi connectivity index (χ4v) is 4.63. The van der Waals surface area contributed by atoms with Crippen molar-refractivity contribution in [3.8, 4) is 11.5 Å². The molecule has 2 aliphatic rings. The third-order valence-corrected chi connectivity index (χ3v) is 6.23. The van der Waals surface area contributed by atoms with Gasteiger partial charge in [0, 0.05) is 29.0 Å². The number of nitro groups is 1. The van der Waals surface area contributed by atoms with E-state index in [1.54, 1.807) is 13.8 Å². The molecule has 11 nitrogen and oxygen atoms in total. The molecular weight excluding hydrogens is 460 g/mol. The molecule has 35 heavy (non-hydrogen) atoms. The number of phenolic OH excluding ortho intramolecular Hbond substituents is 1. The molecule has 0 amide bonds. The molecule has 11 heteroatoms. The summed E-state index contributed by atoms with van der Waals surface area (Å²) >= 11 is 0. The van der Waals surface area contributed by atoms with E-state index in [1.165, 1.54) is 20.3 Å². The summed E-state index contributed by atoms with van der Waals surface area (Å²) in [6.45, 7) is 5.35. The van der Waals surface area contributed by atoms with Crippen molar-refractivity contribution >= 4 is 23.4 Å². The quantitative estimate of drug-likeness (QED) is 0.253. The van der Waals surface area contributed by atoms with Gasteiger partial charge in [0.2, 0.25) is 5.75 Å². The van der Waals surface area contributed by atoms with E-state index in [9.17, 15) is 29.6 Å². The zero-order valence-corrected chi connectivity index (χ0v) is 20.2. The fraction of sp³-hybridized carbons (Fsp3) is 0.458. The topological polar surface area (TPSA) is 154 Å². The second-order valence-electron chi connectivity index (χ2n) is 8.52. The lowest BCUT2D eigenvalue weighted by atomic mass is 9.69. The molecule has 0 bridgehead atoms. The highest BCUT2D eigenvalue weighted by atomic mass is 16.6. The lowest BCUT2D eigenvalue weighted by Gasteiger charge is -2.38. The third-order valence-electron chi connectivity index (χ3n) is 6.23. The van der Waals surface area contributed by atoms with E-state index in [0.29, 0.717) is 24.2 Å². The average molecular weight is 488 g/mol. The number of nitro benzene ring substituents is 1. The van der Waals surface area contributed by atoms with Gasteiger partial charge in [-0.1, -0.05) is 13.8 Å². The highest BCUT2D eigenvalue weighted by Crippen LogP contribution is 2.48. The van der Waals surface area contributed by atoms with Crippen LogP contribution in [0.3, 0.4) is 0 Å². The molecule has 0 spiro atoms. The average Bonchev–Trinajstić information content (AvgIpc) is 2.81. The van der Waals surface area contributed by atoms with E-state index >= 15 is 0 Å². The molecule has 0 saturated heterocycles. The van der Waals surface area contributed by atoms with Crippen molar-refractivity contribution < 1.29 is 38.6 Å². The Morgan fingerprint density at radius 3 is 2.54 bits per heavy atom. The number of Topliss-reactive ketones (excluding diaryl/α,β-unsaturated/α-hetero) is 1. The van der Waals surface area contributed by atoms with E-state index in [0.717, 1.165) is 6.07 Å². The molecule has 0 radical (unpaired) electrons. The number of benzene rings is 1. The van der Waals surface area contributed by atoms with E-state index in [2.05, 4.69) is 5.32 Å². The zero-order valence-electron chi connectivity index (χ0n) is 20.2. The number of hydrogen-bond donors (Lipinski definition) is 2. The largest absolute Gasteiger partial charge is 0.500 e. The lowest BCUT2D eigenvalue weighted by molar-refractivity contribution is -0.386. The summed E-state index contributed by atoms with van der Waals surface area (Å²) in [6, 6.07) is 2.43. The van der Waals surface area contributed by atoms with E-state index in [-0.39, 0.29) is 35.0 Å². The summed E-state index contributed by atoms with van der Waals surface area (Å²) in [5.41, 5.74) is 0.628. The minimum Gasteiger partial charge on any atom is -0.500 e. The first-order chi connectivity index (χ1) is 16.6. The maximum Gasteiger partial charge on any atom is 0.336 e. The van der Waals surface area contributed by atoms with Crippen molar-refractivity contribution in [1.29, 1.82) is 0 Å². The summed E-state index contributed by atoms with van der Waals surface area (Å²) in [4.78, 5) is 50.2. The smallest absolute Gasteiger partial charge is 0.336 e. The standard InChI is InChI=1S/C24H28N2O9/c1-6-7-35-24(30)18-12(3)25-14-8-11(2)17(23(29)34-5)22(28)20(14)19(18)13-9-15(26(31)32)21(27)16(10-13)33-4/h9-11,17,19,25,27H,6-8H2,1-5H3/t11-,17+,19-/m1/s1. The minimum atomic E-state index is -1.11. The van der Waals surface area contributed by atoms with Crippen LogP contribution in [-0.2, 0) is 23.9 Å². The number of phenols is 1. The van der Waals surface area contributed by atoms with Crippen LogP contribution in [0.15, 0.2) is 34.7 Å². The van der Waals surface area contributed by atoms with Crippen molar-refractivity contribution in [3.63, 3.8) is 0 Å². The number of dihydropyridines is 1. The highest BCUT2D eigenvalue weighted by molar-refractivity contribution is 6.12. The van der Waals surface area contributed by atoms with E-state index in [4.69, 9.17) is 14.2 Å². The molecular formula is C24H28N2O9. The minimum absolute atomic E-state index is 0.0748. The van der Waals surface area contributed by atoms with Crippen molar-refractivity contribution in [2.45, 2.75) is 39.5 Å². The maximum atomic E-state index is 13.7. The first-order valence-electron chi connectivity index (χ1n) is 11.1. The maximum absolute atomic E-state index is 13.7. The van der Waals surface area contributed by atoms with Crippen LogP contribution in [0.1, 0.15) is 45.1 Å². The molecule has 2 N–H and O–H groups in total. The molecule has 0 saturated carbocycles. The first kappa shape index (κ1) is 25.7. The number of rotatable bonds is 7. The number of nitrogens with zero attached hydrogens (tertiary/aromatic N) is 1. The van der Waals surface area contributed by atoms with Crippen LogP contribution in [-0.4, -0.2) is 48.6 Å². The summed E-state index contributed by atoms with van der Waals surface area (Å²) in [7, 11) is 2.42. The fourth-order valence-electron chi connectivity index (χ4n) is 4.63. The van der Waals surface area contributed by atoms with Crippen LogP contribution in [0.2, 0.25) is 0 Å². The second-order valence-corrected chi connectivity index (χ2v) is 8.52. The third kappa shape index (κ3) is 4.58. The Balaban J connectivity index is 2.30. The number of ketones is 1. The number of methoxy groups -OCH3 is 2. The monoisotopic (exact) mass is 488 g/mol. The molecule has 0 unspecified atom stereocenters. The van der Waals surface area contributed by atoms with Crippen LogP contribution in [0, 0.1) is 22.0 Å². The van der Waals surface area contributed by atoms with E-state index < -0.39 is 45.9 Å². The van der Waals surface area contributed by atoms with Gasteiger partial charge in [-0.15, -0.1) is 0 Å². The second kappa shape index (κ2) is 10.2. The van der Waals surface area contributed by atoms with Gasteiger partial charge >= 0.3 is 17.6 Å². The highest BCUT2D eigenvalue weighted by Gasteiger charge is 2.47. The first-order valence-corrected chi connectivity index (χ1v) is 11.1. The van der Waals surface area contributed by atoms with E-state index in [1.807, 2.05) is 6.92 Å². The predicted octanol–water partition coefficient (Wildman–Crippen LogP) is 2.88. The number of carbonyl (C=O) groups is 3. The molecule has 188 valence electrons. The SMILES string of the molecule is CCCOC(=O)C1=C(C)NC2=C(C(=O)[C@@H](C(=O)OC)[C@H](C)C2)[C@@H]1c1cc(OC)c(O)c([N+](=O)[O-])c1. The van der Waals surface area contributed by atoms with Crippen LogP contribution >= 0.6 is 0 Å². The summed E-state index contributed by atoms with van der Waals surface area (Å²) < 4.78 is 15.4. The summed E-state index contributed by atoms with van der Waals surface area (Å²) in [6.07, 6.45) is 0.868. The van der Waals surface area contributed by atoms with Crippen molar-refractivity contribution in [2.24, 2.45) is 11.8 Å². The Bertz CT molecular complexity index is 1150. The van der Waals surface area contributed by atoms with Crippen LogP contribution < -0.4 is 10.1 Å². The molecule has 1 aromatic rings. The van der Waals surface area contributed by atoms with Crippen molar-refractivity contribution in [1.82, 2.24) is 5.32 Å². The van der Waals surface area contributed by atoms with Gasteiger partial charge in [0.1, 0.15) is 5.92 Å². The Morgan fingerprint density at radius 2 is 1.97 bits per heavy atom. The molecule has 1 aliphatic carbocycles.